The molecule has 1 unspecified atom stereocenters. The Hall–Kier alpha value is -1.35. The zero-order chi connectivity index (χ0) is 11.6. The molecule has 1 aromatic rings. The van der Waals surface area contributed by atoms with Gasteiger partial charge in [0.25, 0.3) is 0 Å². The Bertz CT molecular complexity index is 377. The minimum Gasteiger partial charge on any atom is -0.480 e. The van der Waals surface area contributed by atoms with Gasteiger partial charge in [-0.2, -0.15) is 0 Å². The van der Waals surface area contributed by atoms with Crippen molar-refractivity contribution in [3.63, 3.8) is 0 Å². The van der Waals surface area contributed by atoms with Gasteiger partial charge in [0.2, 0.25) is 0 Å². The maximum Gasteiger partial charge on any atom is 0.323 e. The van der Waals surface area contributed by atoms with Gasteiger partial charge in [0, 0.05) is 6.54 Å². The topological polar surface area (TPSA) is 40.5 Å². The van der Waals surface area contributed by atoms with Crippen LogP contribution in [0.2, 0.25) is 0 Å². The number of nitrogens with zero attached hydrogens (tertiary/aromatic N) is 1. The molecule has 86 valence electrons. The minimum atomic E-state index is -0.707. The van der Waals surface area contributed by atoms with Crippen molar-refractivity contribution in [2.45, 2.75) is 31.8 Å². The molecule has 1 atom stereocenters. The van der Waals surface area contributed by atoms with Crippen LogP contribution in [0.4, 0.5) is 0 Å². The minimum absolute atomic E-state index is 0.685. The van der Waals surface area contributed by atoms with E-state index in [1.165, 1.54) is 5.56 Å². The van der Waals surface area contributed by atoms with Gasteiger partial charge in [-0.25, -0.2) is 0 Å². The second-order valence-electron chi connectivity index (χ2n) is 4.59. The lowest BCUT2D eigenvalue weighted by molar-refractivity contribution is -0.148. The largest absolute Gasteiger partial charge is 0.480 e. The third-order valence-electron chi connectivity index (χ3n) is 3.47. The fourth-order valence-corrected chi connectivity index (χ4v) is 2.32. The Morgan fingerprint density at radius 3 is 2.75 bits per heavy atom. The summed E-state index contributed by atoms with van der Waals surface area (Å²) < 4.78 is 0. The van der Waals surface area contributed by atoms with Crippen molar-refractivity contribution in [1.29, 1.82) is 0 Å². The molecule has 2 rings (SSSR count). The van der Waals surface area contributed by atoms with Gasteiger partial charge in [0.15, 0.2) is 0 Å². The Balaban J connectivity index is 2.13. The van der Waals surface area contributed by atoms with Crippen molar-refractivity contribution in [2.75, 3.05) is 6.54 Å². The predicted molar refractivity (Wildman–Crippen MR) is 62.1 cm³/mol. The van der Waals surface area contributed by atoms with Crippen LogP contribution in [0.1, 0.15) is 25.3 Å². The summed E-state index contributed by atoms with van der Waals surface area (Å²) in [6.45, 7) is 3.42. The van der Waals surface area contributed by atoms with E-state index in [0.717, 1.165) is 25.9 Å². The average Bonchev–Trinajstić information content (AvgIpc) is 2.63. The molecule has 1 aliphatic rings. The van der Waals surface area contributed by atoms with Crippen LogP contribution in [0.5, 0.6) is 0 Å². The number of benzene rings is 1. The number of hydrogen-bond donors (Lipinski definition) is 1. The van der Waals surface area contributed by atoms with Gasteiger partial charge in [-0.1, -0.05) is 30.3 Å². The van der Waals surface area contributed by atoms with Crippen LogP contribution in [-0.4, -0.2) is 28.1 Å². The molecule has 1 N–H and O–H groups in total. The average molecular weight is 219 g/mol. The highest BCUT2D eigenvalue weighted by atomic mass is 16.4. The zero-order valence-corrected chi connectivity index (χ0v) is 9.52. The molecule has 16 heavy (non-hydrogen) atoms. The number of hydrogen-bond acceptors (Lipinski definition) is 2. The standard InChI is InChI=1S/C13H17NO2/c1-13(12(15)16)8-5-9-14(13)10-11-6-3-2-4-7-11/h2-4,6-7H,5,8-10H2,1H3,(H,15,16). The van der Waals surface area contributed by atoms with Gasteiger partial charge in [0.05, 0.1) is 0 Å². The molecule has 0 saturated carbocycles. The molecule has 0 radical (unpaired) electrons. The fourth-order valence-electron chi connectivity index (χ4n) is 2.32. The second kappa shape index (κ2) is 4.26. The van der Waals surface area contributed by atoms with Crippen molar-refractivity contribution < 1.29 is 9.90 Å². The van der Waals surface area contributed by atoms with Crippen LogP contribution in [-0.2, 0) is 11.3 Å². The van der Waals surface area contributed by atoms with E-state index in [1.807, 2.05) is 37.3 Å². The highest BCUT2D eigenvalue weighted by Crippen LogP contribution is 2.30. The summed E-state index contributed by atoms with van der Waals surface area (Å²) >= 11 is 0. The number of carboxylic acid groups (broad SMARTS) is 1. The SMILES string of the molecule is CC1(C(=O)O)CCCN1Cc1ccccc1. The van der Waals surface area contributed by atoms with Gasteiger partial charge in [-0.05, 0) is 31.9 Å². The highest BCUT2D eigenvalue weighted by molar-refractivity contribution is 5.78. The van der Waals surface area contributed by atoms with Gasteiger partial charge in [-0.3, -0.25) is 9.69 Å². The van der Waals surface area contributed by atoms with E-state index in [-0.39, 0.29) is 0 Å². The van der Waals surface area contributed by atoms with E-state index in [4.69, 9.17) is 0 Å². The predicted octanol–water partition coefficient (Wildman–Crippen LogP) is 2.13. The van der Waals surface area contributed by atoms with Crippen LogP contribution in [0.25, 0.3) is 0 Å². The third-order valence-corrected chi connectivity index (χ3v) is 3.47. The molecule has 1 fully saturated rings. The van der Waals surface area contributed by atoms with Crippen LogP contribution in [0.3, 0.4) is 0 Å². The van der Waals surface area contributed by atoms with Crippen molar-refractivity contribution in [3.05, 3.63) is 35.9 Å². The third kappa shape index (κ3) is 1.95. The Labute approximate surface area is 95.7 Å². The first kappa shape index (κ1) is 11.1. The summed E-state index contributed by atoms with van der Waals surface area (Å²) in [6.07, 6.45) is 1.71. The van der Waals surface area contributed by atoms with Gasteiger partial charge in [0.1, 0.15) is 5.54 Å². The second-order valence-corrected chi connectivity index (χ2v) is 4.59. The molecule has 0 amide bonds. The molecule has 0 aromatic heterocycles. The maximum absolute atomic E-state index is 11.3. The van der Waals surface area contributed by atoms with Crippen LogP contribution in [0.15, 0.2) is 30.3 Å². The van der Waals surface area contributed by atoms with Crippen molar-refractivity contribution in [3.8, 4) is 0 Å². The Morgan fingerprint density at radius 1 is 1.44 bits per heavy atom. The molecule has 3 nitrogen and oxygen atoms in total. The Kier molecular flexibility index (Phi) is 2.97. The van der Waals surface area contributed by atoms with E-state index >= 15 is 0 Å². The number of carbonyl (C=O) groups is 1. The van der Waals surface area contributed by atoms with E-state index in [1.54, 1.807) is 0 Å². The summed E-state index contributed by atoms with van der Waals surface area (Å²) in [6, 6.07) is 10.0. The summed E-state index contributed by atoms with van der Waals surface area (Å²) in [4.78, 5) is 13.3. The summed E-state index contributed by atoms with van der Waals surface area (Å²) in [7, 11) is 0. The Morgan fingerprint density at radius 2 is 2.12 bits per heavy atom. The van der Waals surface area contributed by atoms with Crippen molar-refractivity contribution >= 4 is 5.97 Å². The molecule has 1 aromatic carbocycles. The number of carboxylic acids is 1. The highest BCUT2D eigenvalue weighted by Gasteiger charge is 2.42. The van der Waals surface area contributed by atoms with Crippen LogP contribution < -0.4 is 0 Å². The monoisotopic (exact) mass is 219 g/mol. The number of aliphatic carboxylic acids is 1. The summed E-state index contributed by atoms with van der Waals surface area (Å²) in [5, 5.41) is 9.28. The molecule has 0 bridgehead atoms. The molecule has 1 heterocycles. The maximum atomic E-state index is 11.3. The van der Waals surface area contributed by atoms with Crippen LogP contribution >= 0.6 is 0 Å². The molecule has 0 spiro atoms. The van der Waals surface area contributed by atoms with Gasteiger partial charge in [-0.15, -0.1) is 0 Å². The lowest BCUT2D eigenvalue weighted by atomic mass is 9.99. The first-order chi connectivity index (χ1) is 7.63. The molecule has 3 heteroatoms. The normalized spacial score (nSPS) is 25.8. The first-order valence-corrected chi connectivity index (χ1v) is 5.65. The molecule has 1 aliphatic heterocycles. The number of rotatable bonds is 3. The summed E-state index contributed by atoms with van der Waals surface area (Å²) in [5.41, 5.74) is 0.493. The first-order valence-electron chi connectivity index (χ1n) is 5.65. The van der Waals surface area contributed by atoms with E-state index in [9.17, 15) is 9.90 Å². The molecular weight excluding hydrogens is 202 g/mol. The van der Waals surface area contributed by atoms with E-state index in [2.05, 4.69) is 4.90 Å². The number of likely N-dealkylation sites (tertiary alicyclic amines) is 1. The van der Waals surface area contributed by atoms with Gasteiger partial charge < -0.3 is 5.11 Å². The van der Waals surface area contributed by atoms with Crippen LogP contribution in [0, 0.1) is 0 Å². The summed E-state index contributed by atoms with van der Waals surface area (Å²) in [5.74, 6) is -0.707. The molecule has 1 saturated heterocycles. The lowest BCUT2D eigenvalue weighted by Crippen LogP contribution is -2.47. The van der Waals surface area contributed by atoms with Crippen molar-refractivity contribution in [2.24, 2.45) is 0 Å². The smallest absolute Gasteiger partial charge is 0.323 e. The fraction of sp³-hybridized carbons (Fsp3) is 0.462. The zero-order valence-electron chi connectivity index (χ0n) is 9.52. The van der Waals surface area contributed by atoms with Crippen molar-refractivity contribution in [1.82, 2.24) is 4.90 Å². The van der Waals surface area contributed by atoms with E-state index < -0.39 is 11.5 Å². The molecule has 0 aliphatic carbocycles. The quantitative estimate of drug-likeness (QED) is 0.846. The van der Waals surface area contributed by atoms with E-state index in [0.29, 0.717) is 0 Å². The molecular formula is C13H17NO2. The van der Waals surface area contributed by atoms with Gasteiger partial charge >= 0.3 is 5.97 Å². The lowest BCUT2D eigenvalue weighted by Gasteiger charge is -2.31.